The molecule has 1 aromatic heterocycles. The molecule has 3 heteroatoms. The van der Waals surface area contributed by atoms with Crippen molar-refractivity contribution in [2.45, 2.75) is 33.6 Å². The molecule has 0 unspecified atom stereocenters. The van der Waals surface area contributed by atoms with E-state index in [1.807, 2.05) is 43.3 Å². The van der Waals surface area contributed by atoms with Crippen LogP contribution in [-0.4, -0.2) is 5.91 Å². The predicted octanol–water partition coefficient (Wildman–Crippen LogP) is 5.12. The molecule has 3 nitrogen and oxygen atoms in total. The van der Waals surface area contributed by atoms with E-state index in [9.17, 15) is 4.79 Å². The van der Waals surface area contributed by atoms with Gasteiger partial charge in [-0.2, -0.15) is 0 Å². The highest BCUT2D eigenvalue weighted by atomic mass is 16.3. The lowest BCUT2D eigenvalue weighted by atomic mass is 10.1. The van der Waals surface area contributed by atoms with E-state index in [4.69, 9.17) is 4.42 Å². The summed E-state index contributed by atoms with van der Waals surface area (Å²) in [6.07, 6.45) is 1.95. The van der Waals surface area contributed by atoms with Gasteiger partial charge in [-0.3, -0.25) is 4.79 Å². The molecule has 0 radical (unpaired) electrons. The highest BCUT2D eigenvalue weighted by molar-refractivity contribution is 6.06. The Hall–Kier alpha value is -2.55. The van der Waals surface area contributed by atoms with Crippen LogP contribution < -0.4 is 5.32 Å². The predicted molar refractivity (Wildman–Crippen MR) is 94.1 cm³/mol. The molecule has 0 saturated carbocycles. The molecule has 3 aromatic rings. The topological polar surface area (TPSA) is 42.2 Å². The van der Waals surface area contributed by atoms with Gasteiger partial charge in [0.15, 0.2) is 5.76 Å². The number of furan rings is 1. The fourth-order valence-corrected chi connectivity index (χ4v) is 2.72. The zero-order valence-corrected chi connectivity index (χ0v) is 13.8. The molecule has 0 aliphatic heterocycles. The van der Waals surface area contributed by atoms with Gasteiger partial charge in [-0.1, -0.05) is 32.0 Å². The van der Waals surface area contributed by atoms with Gasteiger partial charge in [-0.15, -0.1) is 0 Å². The van der Waals surface area contributed by atoms with E-state index in [1.54, 1.807) is 0 Å². The maximum Gasteiger partial charge on any atom is 0.291 e. The summed E-state index contributed by atoms with van der Waals surface area (Å²) in [5, 5.41) is 3.92. The van der Waals surface area contributed by atoms with Gasteiger partial charge in [0.1, 0.15) is 5.58 Å². The quantitative estimate of drug-likeness (QED) is 0.727. The lowest BCUT2D eigenvalue weighted by molar-refractivity contribution is 0.0998. The number of rotatable bonds is 4. The fraction of sp³-hybridized carbons (Fsp3) is 0.250. The van der Waals surface area contributed by atoms with Crippen LogP contribution in [0.1, 0.15) is 41.1 Å². The van der Waals surface area contributed by atoms with Crippen LogP contribution in [0, 0.1) is 6.92 Å². The zero-order chi connectivity index (χ0) is 16.4. The number of fused-ring (bicyclic) bond motifs is 1. The first-order valence-electron chi connectivity index (χ1n) is 8.04. The van der Waals surface area contributed by atoms with E-state index < -0.39 is 0 Å². The van der Waals surface area contributed by atoms with Crippen LogP contribution in [0.3, 0.4) is 0 Å². The van der Waals surface area contributed by atoms with Gasteiger partial charge in [0, 0.05) is 16.6 Å². The lowest BCUT2D eigenvalue weighted by Crippen LogP contribution is -2.12. The highest BCUT2D eigenvalue weighted by Crippen LogP contribution is 2.27. The Morgan fingerprint density at radius 1 is 1.00 bits per heavy atom. The normalized spacial score (nSPS) is 10.9. The second kappa shape index (κ2) is 6.29. The average Bonchev–Trinajstić information content (AvgIpc) is 2.92. The molecular weight excluding hydrogens is 286 g/mol. The summed E-state index contributed by atoms with van der Waals surface area (Å²) < 4.78 is 5.77. The zero-order valence-electron chi connectivity index (χ0n) is 13.8. The molecule has 1 heterocycles. The summed E-state index contributed by atoms with van der Waals surface area (Å²) in [6, 6.07) is 14.0. The summed E-state index contributed by atoms with van der Waals surface area (Å²) in [7, 11) is 0. The maximum atomic E-state index is 12.5. The van der Waals surface area contributed by atoms with Gasteiger partial charge < -0.3 is 9.73 Å². The minimum atomic E-state index is -0.207. The number of amides is 1. The number of hydrogen-bond donors (Lipinski definition) is 1. The van der Waals surface area contributed by atoms with Crippen molar-refractivity contribution >= 4 is 22.6 Å². The summed E-state index contributed by atoms with van der Waals surface area (Å²) in [5.74, 6) is 0.175. The van der Waals surface area contributed by atoms with Crippen molar-refractivity contribution in [1.29, 1.82) is 0 Å². The fourth-order valence-electron chi connectivity index (χ4n) is 2.72. The van der Waals surface area contributed by atoms with Crippen LogP contribution in [0.2, 0.25) is 0 Å². The van der Waals surface area contributed by atoms with Crippen LogP contribution in [0.4, 0.5) is 5.69 Å². The van der Waals surface area contributed by atoms with Crippen molar-refractivity contribution < 1.29 is 9.21 Å². The van der Waals surface area contributed by atoms with E-state index in [2.05, 4.69) is 25.2 Å². The third-order valence-corrected chi connectivity index (χ3v) is 4.24. The second-order valence-corrected chi connectivity index (χ2v) is 5.74. The molecule has 0 atom stereocenters. The number of carbonyl (C=O) groups excluding carboxylic acids is 1. The third-order valence-electron chi connectivity index (χ3n) is 4.24. The number of carbonyl (C=O) groups is 1. The molecule has 0 bridgehead atoms. The molecule has 0 fully saturated rings. The molecule has 1 amide bonds. The van der Waals surface area contributed by atoms with Gasteiger partial charge in [-0.05, 0) is 55.2 Å². The van der Waals surface area contributed by atoms with Crippen LogP contribution in [0.15, 0.2) is 46.9 Å². The number of hydrogen-bond acceptors (Lipinski definition) is 2. The summed E-state index contributed by atoms with van der Waals surface area (Å²) in [4.78, 5) is 12.5. The van der Waals surface area contributed by atoms with E-state index in [0.717, 1.165) is 35.1 Å². The first kappa shape index (κ1) is 15.3. The Morgan fingerprint density at radius 3 is 2.30 bits per heavy atom. The Labute approximate surface area is 136 Å². The van der Waals surface area contributed by atoms with Gasteiger partial charge in [0.25, 0.3) is 5.91 Å². The maximum absolute atomic E-state index is 12.5. The van der Waals surface area contributed by atoms with Gasteiger partial charge in [0.2, 0.25) is 0 Å². The molecule has 2 aromatic carbocycles. The molecular formula is C20H21NO2. The SMILES string of the molecule is CCc1ccc(NC(=O)c2oc3ccc(CC)cc3c2C)cc1. The molecule has 0 aliphatic carbocycles. The summed E-state index contributed by atoms with van der Waals surface area (Å²) in [6.45, 7) is 6.15. The first-order valence-corrected chi connectivity index (χ1v) is 8.04. The largest absolute Gasteiger partial charge is 0.451 e. The molecule has 1 N–H and O–H groups in total. The number of benzene rings is 2. The van der Waals surface area contributed by atoms with Crippen molar-refractivity contribution in [3.05, 3.63) is 64.9 Å². The van der Waals surface area contributed by atoms with E-state index in [1.165, 1.54) is 11.1 Å². The van der Waals surface area contributed by atoms with Crippen molar-refractivity contribution in [2.75, 3.05) is 5.32 Å². The molecule has 0 aliphatic rings. The Balaban J connectivity index is 1.89. The van der Waals surface area contributed by atoms with Crippen molar-refractivity contribution in [1.82, 2.24) is 0 Å². The number of nitrogens with one attached hydrogen (secondary N) is 1. The van der Waals surface area contributed by atoms with Crippen molar-refractivity contribution in [3.8, 4) is 0 Å². The third kappa shape index (κ3) is 3.00. The van der Waals surface area contributed by atoms with Gasteiger partial charge >= 0.3 is 0 Å². The lowest BCUT2D eigenvalue weighted by Gasteiger charge is -2.04. The van der Waals surface area contributed by atoms with Crippen molar-refractivity contribution in [3.63, 3.8) is 0 Å². The van der Waals surface area contributed by atoms with Crippen LogP contribution in [-0.2, 0) is 12.8 Å². The minimum Gasteiger partial charge on any atom is -0.451 e. The minimum absolute atomic E-state index is 0.207. The molecule has 0 spiro atoms. The van der Waals surface area contributed by atoms with Gasteiger partial charge in [0.05, 0.1) is 0 Å². The van der Waals surface area contributed by atoms with Crippen LogP contribution in [0.5, 0.6) is 0 Å². The standard InChI is InChI=1S/C20H21NO2/c1-4-14-6-9-16(10-7-14)21-20(22)19-13(3)17-12-15(5-2)8-11-18(17)23-19/h6-12H,4-5H2,1-3H3,(H,21,22). The first-order chi connectivity index (χ1) is 11.1. The van der Waals surface area contributed by atoms with Crippen LogP contribution in [0.25, 0.3) is 11.0 Å². The molecule has 118 valence electrons. The van der Waals surface area contributed by atoms with Crippen LogP contribution >= 0.6 is 0 Å². The second-order valence-electron chi connectivity index (χ2n) is 5.74. The Kier molecular flexibility index (Phi) is 4.20. The van der Waals surface area contributed by atoms with E-state index >= 15 is 0 Å². The highest BCUT2D eigenvalue weighted by Gasteiger charge is 2.18. The smallest absolute Gasteiger partial charge is 0.291 e. The average molecular weight is 307 g/mol. The van der Waals surface area contributed by atoms with Gasteiger partial charge in [-0.25, -0.2) is 0 Å². The van der Waals surface area contributed by atoms with E-state index in [0.29, 0.717) is 5.76 Å². The number of aryl methyl sites for hydroxylation is 3. The summed E-state index contributed by atoms with van der Waals surface area (Å²) in [5.41, 5.74) is 4.91. The Bertz CT molecular complexity index is 844. The number of anilines is 1. The molecule has 0 saturated heterocycles. The van der Waals surface area contributed by atoms with E-state index in [-0.39, 0.29) is 5.91 Å². The molecule has 23 heavy (non-hydrogen) atoms. The molecule has 3 rings (SSSR count). The monoisotopic (exact) mass is 307 g/mol. The Morgan fingerprint density at radius 2 is 1.65 bits per heavy atom. The summed E-state index contributed by atoms with van der Waals surface area (Å²) >= 11 is 0. The van der Waals surface area contributed by atoms with Crippen molar-refractivity contribution in [2.24, 2.45) is 0 Å².